The van der Waals surface area contributed by atoms with Gasteiger partial charge in [-0.3, -0.25) is 9.59 Å². The van der Waals surface area contributed by atoms with Crippen LogP contribution in [-0.2, 0) is 33.3 Å². The van der Waals surface area contributed by atoms with Gasteiger partial charge in [0.2, 0.25) is 0 Å². The summed E-state index contributed by atoms with van der Waals surface area (Å²) in [6, 6.07) is 0. The first-order valence-electron chi connectivity index (χ1n) is 33.5. The summed E-state index contributed by atoms with van der Waals surface area (Å²) >= 11 is 0. The van der Waals surface area contributed by atoms with E-state index in [9.17, 15) is 19.5 Å². The molecule has 0 aliphatic heterocycles. The lowest BCUT2D eigenvalue weighted by Gasteiger charge is -2.25. The zero-order chi connectivity index (χ0) is 56.2. The van der Waals surface area contributed by atoms with Gasteiger partial charge in [0.25, 0.3) is 6.29 Å². The Morgan fingerprint density at radius 1 is 0.390 bits per heavy atom. The molecule has 77 heavy (non-hydrogen) atoms. The number of likely N-dealkylation sites (N-methyl/N-ethyl adjacent to an activating group) is 1. The molecular formula is C68H130NO8+. The van der Waals surface area contributed by atoms with E-state index in [4.69, 9.17) is 18.9 Å². The van der Waals surface area contributed by atoms with E-state index in [1.54, 1.807) is 0 Å². The minimum Gasteiger partial charge on any atom is -0.477 e. The molecule has 0 radical (unpaired) electrons. The number of rotatable bonds is 63. The molecule has 0 spiro atoms. The van der Waals surface area contributed by atoms with Crippen molar-refractivity contribution in [1.82, 2.24) is 0 Å². The van der Waals surface area contributed by atoms with Crippen LogP contribution < -0.4 is 0 Å². The maximum absolute atomic E-state index is 12.9. The van der Waals surface area contributed by atoms with Crippen molar-refractivity contribution in [1.29, 1.82) is 0 Å². The highest BCUT2D eigenvalue weighted by Crippen LogP contribution is 2.18. The highest BCUT2D eigenvalue weighted by atomic mass is 16.7. The maximum atomic E-state index is 12.9. The summed E-state index contributed by atoms with van der Waals surface area (Å²) < 4.78 is 22.9. The van der Waals surface area contributed by atoms with Gasteiger partial charge in [-0.05, 0) is 44.9 Å². The van der Waals surface area contributed by atoms with Gasteiger partial charge in [-0.1, -0.05) is 301 Å². The Morgan fingerprint density at radius 2 is 0.701 bits per heavy atom. The van der Waals surface area contributed by atoms with Gasteiger partial charge >= 0.3 is 17.9 Å². The summed E-state index contributed by atoms with van der Waals surface area (Å²) in [5.41, 5.74) is 0. The van der Waals surface area contributed by atoms with Crippen molar-refractivity contribution in [2.24, 2.45) is 0 Å². The van der Waals surface area contributed by atoms with Gasteiger partial charge in [-0.2, -0.15) is 0 Å². The topological polar surface area (TPSA) is 108 Å². The minimum atomic E-state index is -1.50. The fourth-order valence-corrected chi connectivity index (χ4v) is 10.0. The van der Waals surface area contributed by atoms with Gasteiger partial charge in [-0.25, -0.2) is 4.79 Å². The van der Waals surface area contributed by atoms with Gasteiger partial charge in [0.1, 0.15) is 13.2 Å². The van der Waals surface area contributed by atoms with Crippen LogP contribution in [0.3, 0.4) is 0 Å². The van der Waals surface area contributed by atoms with E-state index in [1.807, 2.05) is 21.1 Å². The molecule has 0 aromatic rings. The zero-order valence-corrected chi connectivity index (χ0v) is 51.9. The molecule has 0 aromatic heterocycles. The van der Waals surface area contributed by atoms with Crippen LogP contribution in [0.15, 0.2) is 24.3 Å². The van der Waals surface area contributed by atoms with E-state index < -0.39 is 18.4 Å². The van der Waals surface area contributed by atoms with Crippen LogP contribution in [0, 0.1) is 0 Å². The largest absolute Gasteiger partial charge is 0.477 e. The second kappa shape index (κ2) is 59.9. The number of aliphatic carboxylic acids is 1. The summed E-state index contributed by atoms with van der Waals surface area (Å²) in [5.74, 6) is -1.98. The van der Waals surface area contributed by atoms with Crippen molar-refractivity contribution in [3.8, 4) is 0 Å². The first kappa shape index (κ1) is 74.8. The second-order valence-corrected chi connectivity index (χ2v) is 24.1. The summed E-state index contributed by atoms with van der Waals surface area (Å²) in [6.07, 6.45) is 70.2. The number of quaternary nitrogens is 1. The van der Waals surface area contributed by atoms with E-state index in [0.29, 0.717) is 17.4 Å². The molecule has 9 heteroatoms. The number of carbonyl (C=O) groups is 3. The van der Waals surface area contributed by atoms with E-state index in [1.165, 1.54) is 263 Å². The summed E-state index contributed by atoms with van der Waals surface area (Å²) in [7, 11) is 5.98. The molecule has 0 aromatic carbocycles. The Hall–Kier alpha value is -2.23. The van der Waals surface area contributed by atoms with Crippen molar-refractivity contribution in [2.75, 3.05) is 47.5 Å². The summed E-state index contributed by atoms with van der Waals surface area (Å²) in [6.45, 7) is 4.92. The lowest BCUT2D eigenvalue weighted by molar-refractivity contribution is -0.870. The Bertz CT molecular complexity index is 1310. The number of hydrogen-bond acceptors (Lipinski definition) is 7. The molecule has 0 saturated carbocycles. The van der Waals surface area contributed by atoms with Crippen LogP contribution in [0.2, 0.25) is 0 Å². The molecule has 9 nitrogen and oxygen atoms in total. The number of carboxylic acids is 1. The SMILES string of the molecule is CCCCCCC/C=C\C/C=C\CCCCCCCCCCCCCCCCCCCCCCCCCCCCCC(=O)OC(COC(=O)CCCCCCCCCCCCCCC)COC(OCC[N+](C)(C)C)C(=O)O. The number of allylic oxidation sites excluding steroid dienone is 4. The molecular weight excluding hydrogens is 959 g/mol. The Labute approximate surface area is 478 Å². The third-order valence-corrected chi connectivity index (χ3v) is 15.2. The predicted octanol–water partition coefficient (Wildman–Crippen LogP) is 20.2. The van der Waals surface area contributed by atoms with Crippen molar-refractivity contribution >= 4 is 17.9 Å². The minimum absolute atomic E-state index is 0.174. The molecule has 2 unspecified atom stereocenters. The lowest BCUT2D eigenvalue weighted by atomic mass is 10.0. The first-order chi connectivity index (χ1) is 37.6. The molecule has 0 aliphatic carbocycles. The third kappa shape index (κ3) is 61.2. The Balaban J connectivity index is 3.90. The molecule has 0 heterocycles. The van der Waals surface area contributed by atoms with Gasteiger partial charge in [0.15, 0.2) is 6.10 Å². The maximum Gasteiger partial charge on any atom is 0.361 e. The molecule has 454 valence electrons. The molecule has 0 bridgehead atoms. The highest BCUT2D eigenvalue weighted by Gasteiger charge is 2.25. The smallest absolute Gasteiger partial charge is 0.361 e. The molecule has 0 aliphatic rings. The number of unbranched alkanes of at least 4 members (excludes halogenated alkanes) is 44. The van der Waals surface area contributed by atoms with E-state index >= 15 is 0 Å². The van der Waals surface area contributed by atoms with Crippen LogP contribution >= 0.6 is 0 Å². The van der Waals surface area contributed by atoms with Gasteiger partial charge in [-0.15, -0.1) is 0 Å². The van der Waals surface area contributed by atoms with Crippen molar-refractivity contribution in [3.63, 3.8) is 0 Å². The lowest BCUT2D eigenvalue weighted by Crippen LogP contribution is -2.40. The van der Waals surface area contributed by atoms with Crippen molar-refractivity contribution < 1.29 is 42.9 Å². The van der Waals surface area contributed by atoms with Crippen LogP contribution in [0.25, 0.3) is 0 Å². The van der Waals surface area contributed by atoms with Gasteiger partial charge < -0.3 is 28.5 Å². The summed E-state index contributed by atoms with van der Waals surface area (Å²) in [4.78, 5) is 37.4. The van der Waals surface area contributed by atoms with E-state index in [-0.39, 0.29) is 38.2 Å². The fraction of sp³-hybridized carbons (Fsp3) is 0.897. The summed E-state index contributed by atoms with van der Waals surface area (Å²) in [5, 5.41) is 9.70. The average Bonchev–Trinajstić information content (AvgIpc) is 3.40. The molecule has 0 rings (SSSR count). The first-order valence-corrected chi connectivity index (χ1v) is 33.5. The molecule has 0 amide bonds. The van der Waals surface area contributed by atoms with Crippen LogP contribution in [-0.4, -0.2) is 87.4 Å². The van der Waals surface area contributed by atoms with Crippen LogP contribution in [0.1, 0.15) is 335 Å². The number of carbonyl (C=O) groups excluding carboxylic acids is 2. The number of nitrogens with zero attached hydrogens (tertiary/aromatic N) is 1. The Morgan fingerprint density at radius 3 is 1.03 bits per heavy atom. The number of hydrogen-bond donors (Lipinski definition) is 1. The van der Waals surface area contributed by atoms with Gasteiger partial charge in [0.05, 0.1) is 34.4 Å². The molecule has 0 saturated heterocycles. The molecule has 0 fully saturated rings. The average molecular weight is 1090 g/mol. The van der Waals surface area contributed by atoms with E-state index in [0.717, 1.165) is 44.9 Å². The third-order valence-electron chi connectivity index (χ3n) is 15.2. The quantitative estimate of drug-likeness (QED) is 0.0211. The number of ether oxygens (including phenoxy) is 4. The molecule has 2 atom stereocenters. The molecule has 1 N–H and O–H groups in total. The Kier molecular flexibility index (Phi) is 58.1. The van der Waals surface area contributed by atoms with E-state index in [2.05, 4.69) is 38.2 Å². The highest BCUT2D eigenvalue weighted by molar-refractivity contribution is 5.71. The van der Waals surface area contributed by atoms with Crippen LogP contribution in [0.5, 0.6) is 0 Å². The van der Waals surface area contributed by atoms with Gasteiger partial charge in [0, 0.05) is 12.8 Å². The normalized spacial score (nSPS) is 12.8. The monoisotopic (exact) mass is 1090 g/mol. The fourth-order valence-electron chi connectivity index (χ4n) is 10.0. The number of carboxylic acid groups (broad SMARTS) is 1. The predicted molar refractivity (Wildman–Crippen MR) is 328 cm³/mol. The standard InChI is InChI=1S/C68H129NO8/c1-6-8-10-12-14-16-18-20-21-22-23-24-25-26-27-28-29-30-31-32-33-34-35-36-37-38-39-40-41-42-43-44-45-47-49-51-53-55-57-59-66(71)77-64(63-76-68(67(72)73)74-61-60-69(3,4)5)62-75-65(70)58-56-54-52-50-48-46-19-17-15-13-11-9-7-2/h18,20,22-23,64,68H,6-17,19,21,24-63H2,1-5H3/p+1/b20-18-,23-22-. The van der Waals surface area contributed by atoms with Crippen LogP contribution in [0.4, 0.5) is 0 Å². The zero-order valence-electron chi connectivity index (χ0n) is 51.9. The van der Waals surface area contributed by atoms with Crippen molar-refractivity contribution in [3.05, 3.63) is 24.3 Å². The second-order valence-electron chi connectivity index (χ2n) is 24.1. The van der Waals surface area contributed by atoms with Crippen molar-refractivity contribution in [2.45, 2.75) is 347 Å². The number of esters is 2.